The van der Waals surface area contributed by atoms with E-state index < -0.39 is 0 Å². The summed E-state index contributed by atoms with van der Waals surface area (Å²) in [4.78, 5) is 2.64. The van der Waals surface area contributed by atoms with Crippen molar-refractivity contribution >= 4 is 11.4 Å². The molecular weight excluding hydrogens is 256 g/mol. The highest BCUT2D eigenvalue weighted by Gasteiger charge is 2.25. The normalized spacial score (nSPS) is 21.0. The Balaban J connectivity index is 1.59. The number of rotatable bonds is 1. The van der Waals surface area contributed by atoms with E-state index in [0.29, 0.717) is 6.04 Å². The standard InChI is InChI=1S/C19H22N2/c1-3-9-18-15(6-1)11-12-17(14-20-18)21-13-5-8-16-7-2-4-10-19(16)21/h1-4,6-7,9-10,17,20H,5,8,11-14H2. The van der Waals surface area contributed by atoms with Gasteiger partial charge in [0.25, 0.3) is 0 Å². The van der Waals surface area contributed by atoms with Gasteiger partial charge in [0.15, 0.2) is 0 Å². The minimum Gasteiger partial charge on any atom is -0.383 e. The molecular formula is C19H22N2. The van der Waals surface area contributed by atoms with Crippen LogP contribution in [0.4, 0.5) is 11.4 Å². The van der Waals surface area contributed by atoms with Gasteiger partial charge in [-0.3, -0.25) is 0 Å². The Labute approximate surface area is 126 Å². The van der Waals surface area contributed by atoms with E-state index in [9.17, 15) is 0 Å². The molecule has 0 amide bonds. The smallest absolute Gasteiger partial charge is 0.0465 e. The summed E-state index contributed by atoms with van der Waals surface area (Å²) in [7, 11) is 0. The zero-order valence-electron chi connectivity index (χ0n) is 12.4. The Kier molecular flexibility index (Phi) is 3.30. The molecule has 0 saturated carbocycles. The van der Waals surface area contributed by atoms with Crippen LogP contribution < -0.4 is 10.2 Å². The minimum absolute atomic E-state index is 0.596. The van der Waals surface area contributed by atoms with Gasteiger partial charge < -0.3 is 10.2 Å². The molecule has 4 rings (SSSR count). The number of hydrogen-bond donors (Lipinski definition) is 1. The number of hydrogen-bond acceptors (Lipinski definition) is 2. The van der Waals surface area contributed by atoms with Crippen molar-refractivity contribution in [2.45, 2.75) is 31.7 Å². The van der Waals surface area contributed by atoms with Gasteiger partial charge in [-0.15, -0.1) is 0 Å². The Morgan fingerprint density at radius 3 is 2.67 bits per heavy atom. The van der Waals surface area contributed by atoms with Crippen LogP contribution in [0.25, 0.3) is 0 Å². The molecule has 1 unspecified atom stereocenters. The van der Waals surface area contributed by atoms with Crippen molar-refractivity contribution in [1.29, 1.82) is 0 Å². The van der Waals surface area contributed by atoms with Crippen LogP contribution in [0.5, 0.6) is 0 Å². The van der Waals surface area contributed by atoms with Crippen molar-refractivity contribution in [3.05, 3.63) is 59.7 Å². The maximum atomic E-state index is 3.66. The van der Waals surface area contributed by atoms with Crippen LogP contribution in [-0.4, -0.2) is 19.1 Å². The lowest BCUT2D eigenvalue weighted by Gasteiger charge is -2.37. The van der Waals surface area contributed by atoms with Crippen LogP contribution in [0, 0.1) is 0 Å². The second kappa shape index (κ2) is 5.44. The molecule has 21 heavy (non-hydrogen) atoms. The number of para-hydroxylation sites is 2. The average molecular weight is 278 g/mol. The second-order valence-electron chi connectivity index (χ2n) is 6.16. The first-order valence-electron chi connectivity index (χ1n) is 8.08. The van der Waals surface area contributed by atoms with E-state index in [4.69, 9.17) is 0 Å². The Bertz CT molecular complexity index is 608. The van der Waals surface area contributed by atoms with Crippen LogP contribution in [0.3, 0.4) is 0 Å². The monoisotopic (exact) mass is 278 g/mol. The molecule has 0 fully saturated rings. The van der Waals surface area contributed by atoms with Crippen LogP contribution in [0.1, 0.15) is 24.0 Å². The van der Waals surface area contributed by atoms with Gasteiger partial charge in [0.2, 0.25) is 0 Å². The van der Waals surface area contributed by atoms with Crippen molar-refractivity contribution in [3.63, 3.8) is 0 Å². The van der Waals surface area contributed by atoms with Gasteiger partial charge in [0, 0.05) is 30.5 Å². The Hall–Kier alpha value is -1.96. The number of nitrogens with zero attached hydrogens (tertiary/aromatic N) is 1. The van der Waals surface area contributed by atoms with Gasteiger partial charge in [-0.05, 0) is 48.9 Å². The van der Waals surface area contributed by atoms with Crippen molar-refractivity contribution in [2.24, 2.45) is 0 Å². The summed E-state index contributed by atoms with van der Waals surface area (Å²) in [6, 6.07) is 18.3. The third kappa shape index (κ3) is 2.39. The Morgan fingerprint density at radius 1 is 0.905 bits per heavy atom. The largest absolute Gasteiger partial charge is 0.383 e. The molecule has 0 aromatic heterocycles. The van der Waals surface area contributed by atoms with E-state index >= 15 is 0 Å². The summed E-state index contributed by atoms with van der Waals surface area (Å²) in [5, 5.41) is 3.66. The van der Waals surface area contributed by atoms with Crippen LogP contribution in [-0.2, 0) is 12.8 Å². The maximum Gasteiger partial charge on any atom is 0.0465 e. The molecule has 0 radical (unpaired) electrons. The number of benzene rings is 2. The molecule has 108 valence electrons. The van der Waals surface area contributed by atoms with Gasteiger partial charge in [-0.1, -0.05) is 36.4 Å². The van der Waals surface area contributed by atoms with Gasteiger partial charge in [0.05, 0.1) is 0 Å². The van der Waals surface area contributed by atoms with E-state index in [-0.39, 0.29) is 0 Å². The second-order valence-corrected chi connectivity index (χ2v) is 6.16. The summed E-state index contributed by atoms with van der Waals surface area (Å²) in [6.07, 6.45) is 4.92. The Morgan fingerprint density at radius 2 is 1.71 bits per heavy atom. The van der Waals surface area contributed by atoms with E-state index in [0.717, 1.165) is 6.54 Å². The zero-order valence-corrected chi connectivity index (χ0v) is 12.4. The summed E-state index contributed by atoms with van der Waals surface area (Å²) in [6.45, 7) is 2.24. The number of anilines is 2. The highest BCUT2D eigenvalue weighted by atomic mass is 15.2. The summed E-state index contributed by atoms with van der Waals surface area (Å²) in [5.74, 6) is 0. The molecule has 2 aliphatic heterocycles. The highest BCUT2D eigenvalue weighted by molar-refractivity contribution is 5.58. The fourth-order valence-electron chi connectivity index (χ4n) is 3.77. The van der Waals surface area contributed by atoms with Crippen LogP contribution in [0.2, 0.25) is 0 Å². The topological polar surface area (TPSA) is 15.3 Å². The number of aryl methyl sites for hydroxylation is 2. The fraction of sp³-hybridized carbons (Fsp3) is 0.368. The molecule has 0 spiro atoms. The fourth-order valence-corrected chi connectivity index (χ4v) is 3.77. The van der Waals surface area contributed by atoms with Gasteiger partial charge in [-0.2, -0.15) is 0 Å². The molecule has 2 heteroatoms. The summed E-state index contributed by atoms with van der Waals surface area (Å²) in [5.41, 5.74) is 5.77. The van der Waals surface area contributed by atoms with Crippen LogP contribution >= 0.6 is 0 Å². The van der Waals surface area contributed by atoms with Gasteiger partial charge in [-0.25, -0.2) is 0 Å². The average Bonchev–Trinajstić information content (AvgIpc) is 2.77. The molecule has 2 nitrogen and oxygen atoms in total. The highest BCUT2D eigenvalue weighted by Crippen LogP contribution is 2.31. The lowest BCUT2D eigenvalue weighted by molar-refractivity contribution is 0.550. The first-order chi connectivity index (χ1) is 10.4. The van der Waals surface area contributed by atoms with Crippen molar-refractivity contribution < 1.29 is 0 Å². The van der Waals surface area contributed by atoms with E-state index in [1.54, 1.807) is 0 Å². The third-order valence-corrected chi connectivity index (χ3v) is 4.88. The lowest BCUT2D eigenvalue weighted by Crippen LogP contribution is -2.42. The molecule has 2 aliphatic rings. The minimum atomic E-state index is 0.596. The predicted molar refractivity (Wildman–Crippen MR) is 89.1 cm³/mol. The SMILES string of the molecule is c1ccc2c(c1)CCC(N1CCCc3ccccc31)CN2. The molecule has 2 aromatic carbocycles. The number of nitrogens with one attached hydrogen (secondary N) is 1. The van der Waals surface area contributed by atoms with Crippen molar-refractivity contribution in [3.8, 4) is 0 Å². The molecule has 0 aliphatic carbocycles. The zero-order chi connectivity index (χ0) is 14.1. The van der Waals surface area contributed by atoms with Crippen LogP contribution in [0.15, 0.2) is 48.5 Å². The van der Waals surface area contributed by atoms with E-state index in [1.807, 2.05) is 0 Å². The lowest BCUT2D eigenvalue weighted by atomic mass is 9.98. The molecule has 1 atom stereocenters. The van der Waals surface area contributed by atoms with E-state index in [2.05, 4.69) is 58.7 Å². The third-order valence-electron chi connectivity index (χ3n) is 4.88. The predicted octanol–water partition coefficient (Wildman–Crippen LogP) is 3.87. The number of fused-ring (bicyclic) bond motifs is 2. The molecule has 1 N–H and O–H groups in total. The molecule has 0 saturated heterocycles. The maximum absolute atomic E-state index is 3.66. The molecule has 0 bridgehead atoms. The quantitative estimate of drug-likeness (QED) is 0.852. The van der Waals surface area contributed by atoms with Crippen molar-refractivity contribution in [1.82, 2.24) is 0 Å². The summed E-state index contributed by atoms with van der Waals surface area (Å²) < 4.78 is 0. The van der Waals surface area contributed by atoms with Gasteiger partial charge >= 0.3 is 0 Å². The molecule has 2 heterocycles. The first kappa shape index (κ1) is 12.8. The van der Waals surface area contributed by atoms with E-state index in [1.165, 1.54) is 54.7 Å². The summed E-state index contributed by atoms with van der Waals surface area (Å²) >= 11 is 0. The molecule has 2 aromatic rings. The van der Waals surface area contributed by atoms with Gasteiger partial charge in [0.1, 0.15) is 0 Å². The van der Waals surface area contributed by atoms with Crippen molar-refractivity contribution in [2.75, 3.05) is 23.3 Å². The first-order valence-corrected chi connectivity index (χ1v) is 8.08.